The van der Waals surface area contributed by atoms with Crippen molar-refractivity contribution in [1.29, 1.82) is 0 Å². The Morgan fingerprint density at radius 1 is 1.04 bits per heavy atom. The molecular weight excluding hydrogens is 695 g/mol. The summed E-state index contributed by atoms with van der Waals surface area (Å²) in [5.74, 6) is -0.815. The number of carbonyl (C=O) groups excluding carboxylic acids is 1. The molecule has 3 aromatic rings. The van der Waals surface area contributed by atoms with Crippen LogP contribution in [-0.4, -0.2) is 93.0 Å². The number of fused-ring (bicyclic) bond motifs is 4. The number of nitrogens with zero attached hydrogens (tertiary/aromatic N) is 6. The average Bonchev–Trinajstić information content (AvgIpc) is 3.62. The van der Waals surface area contributed by atoms with E-state index in [1.165, 1.54) is 26.0 Å². The van der Waals surface area contributed by atoms with Crippen LogP contribution in [0.25, 0.3) is 22.2 Å². The Morgan fingerprint density at radius 3 is 2.51 bits per heavy atom. The number of rotatable bonds is 5. The van der Waals surface area contributed by atoms with Gasteiger partial charge in [-0.15, -0.1) is 0 Å². The van der Waals surface area contributed by atoms with Crippen LogP contribution in [0.3, 0.4) is 0 Å². The van der Waals surface area contributed by atoms with Crippen LogP contribution in [0.4, 0.5) is 32.6 Å². The minimum absolute atomic E-state index is 0.0639. The summed E-state index contributed by atoms with van der Waals surface area (Å²) in [6, 6.07) is 2.17. The second kappa shape index (κ2) is 12.9. The highest BCUT2D eigenvalue weighted by molar-refractivity contribution is 6.34. The molecule has 0 unspecified atom stereocenters. The molecule has 1 aromatic carbocycles. The molecule has 0 spiro atoms. The normalized spacial score (nSPS) is 25.4. The molecule has 0 aliphatic carbocycles. The van der Waals surface area contributed by atoms with Crippen molar-refractivity contribution in [3.05, 3.63) is 39.8 Å². The lowest BCUT2D eigenvalue weighted by molar-refractivity contribution is -0.137. The third-order valence-electron chi connectivity index (χ3n) is 10.6. The molecular formula is C36H42ClF5N6O3. The van der Waals surface area contributed by atoms with Gasteiger partial charge in [-0.2, -0.15) is 23.1 Å². The van der Waals surface area contributed by atoms with Gasteiger partial charge in [-0.1, -0.05) is 11.6 Å². The molecule has 2 bridgehead atoms. The zero-order valence-electron chi connectivity index (χ0n) is 29.3. The number of hydrogen-bond acceptors (Lipinski definition) is 8. The summed E-state index contributed by atoms with van der Waals surface area (Å²) >= 11 is 6.70. The van der Waals surface area contributed by atoms with Crippen LogP contribution >= 0.6 is 11.6 Å². The first-order valence-electron chi connectivity index (χ1n) is 17.5. The Labute approximate surface area is 298 Å². The summed E-state index contributed by atoms with van der Waals surface area (Å²) in [6.45, 7) is 10.1. The molecule has 4 aliphatic rings. The molecule has 4 atom stereocenters. The molecule has 4 aliphatic heterocycles. The summed E-state index contributed by atoms with van der Waals surface area (Å²) in [7, 11) is 0. The van der Waals surface area contributed by atoms with E-state index < -0.39 is 52.2 Å². The number of aryl methyl sites for hydroxylation is 2. The van der Waals surface area contributed by atoms with Crippen LogP contribution in [-0.2, 0) is 10.9 Å². The summed E-state index contributed by atoms with van der Waals surface area (Å²) in [4.78, 5) is 32.4. The van der Waals surface area contributed by atoms with E-state index in [4.69, 9.17) is 26.1 Å². The molecule has 15 heteroatoms. The molecule has 9 nitrogen and oxygen atoms in total. The van der Waals surface area contributed by atoms with Crippen molar-refractivity contribution in [1.82, 2.24) is 24.8 Å². The first-order valence-corrected chi connectivity index (χ1v) is 17.9. The Kier molecular flexibility index (Phi) is 9.04. The van der Waals surface area contributed by atoms with Gasteiger partial charge in [-0.3, -0.25) is 9.88 Å². The van der Waals surface area contributed by atoms with Gasteiger partial charge in [0.15, 0.2) is 5.82 Å². The van der Waals surface area contributed by atoms with Crippen molar-refractivity contribution in [3.8, 4) is 17.3 Å². The Hall–Kier alpha value is -3.52. The lowest BCUT2D eigenvalue weighted by atomic mass is 9.95. The van der Waals surface area contributed by atoms with Gasteiger partial charge in [0.1, 0.15) is 29.7 Å². The average molecular weight is 737 g/mol. The molecule has 51 heavy (non-hydrogen) atoms. The highest BCUT2D eigenvalue weighted by Crippen LogP contribution is 2.46. The van der Waals surface area contributed by atoms with Crippen molar-refractivity contribution < 1.29 is 36.2 Å². The van der Waals surface area contributed by atoms with Gasteiger partial charge in [-0.25, -0.2) is 13.6 Å². The Balaban J connectivity index is 1.34. The van der Waals surface area contributed by atoms with Crippen LogP contribution in [0.1, 0.15) is 76.1 Å². The van der Waals surface area contributed by atoms with Gasteiger partial charge in [-0.05, 0) is 91.0 Å². The number of amides is 1. The van der Waals surface area contributed by atoms with Crippen LogP contribution in [0.2, 0.25) is 5.02 Å². The summed E-state index contributed by atoms with van der Waals surface area (Å²) in [5.41, 5.74) is -3.63. The molecule has 4 saturated heterocycles. The number of anilines is 1. The number of pyridine rings is 1. The van der Waals surface area contributed by atoms with Crippen LogP contribution < -0.4 is 9.64 Å². The number of hydrogen-bond donors (Lipinski definition) is 0. The summed E-state index contributed by atoms with van der Waals surface area (Å²) in [5, 5.41) is -0.104. The maximum atomic E-state index is 17.0. The fourth-order valence-electron chi connectivity index (χ4n) is 8.59. The smallest absolute Gasteiger partial charge is 0.418 e. The van der Waals surface area contributed by atoms with E-state index in [-0.39, 0.29) is 64.1 Å². The third-order valence-corrected chi connectivity index (χ3v) is 10.9. The predicted octanol–water partition coefficient (Wildman–Crippen LogP) is 8.05. The van der Waals surface area contributed by atoms with Gasteiger partial charge in [0.05, 0.1) is 33.4 Å². The molecule has 1 amide bonds. The number of ether oxygens (including phenoxy) is 2. The lowest BCUT2D eigenvalue weighted by Crippen LogP contribution is -2.45. The van der Waals surface area contributed by atoms with Gasteiger partial charge >= 0.3 is 18.3 Å². The quantitative estimate of drug-likeness (QED) is 0.244. The Morgan fingerprint density at radius 2 is 1.78 bits per heavy atom. The number of alkyl halides is 4. The number of carbonyl (C=O) groups is 1. The fourth-order valence-corrected chi connectivity index (χ4v) is 8.87. The molecule has 0 saturated carbocycles. The maximum absolute atomic E-state index is 17.0. The standard InChI is InChI=1S/C36H42ClF5N6O3/c1-19-13-20(2)43-30(27(19)36(40,41)42)26-25(37)14-24-29(28(26)39)44-32(50-18-35-10-6-11-47(35)16-21(38)15-35)45-31(24)46-12-9-22-7-8-23(17-46)48(22)33(49)51-34(3,4)5/h13-14,21-23H,6-12,15-18H2,1-5H3/t21-,22+,23-,35-/m0/s1. The molecule has 4 fully saturated rings. The van der Waals surface area contributed by atoms with Crippen LogP contribution in [0, 0.1) is 19.7 Å². The highest BCUT2D eigenvalue weighted by atomic mass is 35.5. The van der Waals surface area contributed by atoms with Gasteiger partial charge < -0.3 is 19.3 Å². The molecule has 0 radical (unpaired) electrons. The molecule has 276 valence electrons. The fraction of sp³-hybridized carbons (Fsp3) is 0.611. The molecule has 6 heterocycles. The van der Waals surface area contributed by atoms with Gasteiger partial charge in [0, 0.05) is 43.2 Å². The van der Waals surface area contributed by atoms with Crippen molar-refractivity contribution in [2.45, 2.75) is 109 Å². The van der Waals surface area contributed by atoms with E-state index in [0.29, 0.717) is 32.5 Å². The predicted molar refractivity (Wildman–Crippen MR) is 182 cm³/mol. The van der Waals surface area contributed by atoms with Crippen LogP contribution in [0.5, 0.6) is 6.01 Å². The number of benzene rings is 1. The highest BCUT2D eigenvalue weighted by Gasteiger charge is 2.50. The third kappa shape index (κ3) is 6.66. The molecule has 2 aromatic heterocycles. The van der Waals surface area contributed by atoms with E-state index in [0.717, 1.165) is 25.8 Å². The first-order chi connectivity index (χ1) is 23.9. The van der Waals surface area contributed by atoms with E-state index in [1.807, 2.05) is 25.7 Å². The van der Waals surface area contributed by atoms with E-state index in [9.17, 15) is 22.4 Å². The van der Waals surface area contributed by atoms with Gasteiger partial charge in [0.25, 0.3) is 0 Å². The topological polar surface area (TPSA) is 83.9 Å². The van der Waals surface area contributed by atoms with Crippen molar-refractivity contribution >= 4 is 34.4 Å². The van der Waals surface area contributed by atoms with Crippen molar-refractivity contribution in [2.75, 3.05) is 37.7 Å². The second-order valence-corrected chi connectivity index (χ2v) is 15.9. The van der Waals surface area contributed by atoms with E-state index in [2.05, 4.69) is 14.9 Å². The largest absolute Gasteiger partial charge is 0.461 e. The van der Waals surface area contributed by atoms with E-state index >= 15 is 4.39 Å². The number of halogens is 6. The zero-order chi connectivity index (χ0) is 36.6. The zero-order valence-corrected chi connectivity index (χ0v) is 30.1. The van der Waals surface area contributed by atoms with Crippen LogP contribution in [0.15, 0.2) is 12.1 Å². The maximum Gasteiger partial charge on any atom is 0.418 e. The van der Waals surface area contributed by atoms with Crippen molar-refractivity contribution in [2.24, 2.45) is 0 Å². The summed E-state index contributed by atoms with van der Waals surface area (Å²) in [6.07, 6.45) is -2.27. The minimum atomic E-state index is -4.84. The Bertz CT molecular complexity index is 1870. The lowest BCUT2D eigenvalue weighted by Gasteiger charge is -2.32. The minimum Gasteiger partial charge on any atom is -0.461 e. The SMILES string of the molecule is Cc1cc(C)c(C(F)(F)F)c(-c2c(Cl)cc3c(N4CC[C@H]5CC[C@@H](C4)N5C(=O)OC(C)(C)C)nc(OC[C@@]45CCCN4C[C@@H](F)C5)nc3c2F)n1. The molecule has 0 N–H and O–H groups in total. The monoisotopic (exact) mass is 736 g/mol. The van der Waals surface area contributed by atoms with Gasteiger partial charge in [0.2, 0.25) is 0 Å². The number of aromatic nitrogens is 3. The first kappa shape index (κ1) is 35.9. The second-order valence-electron chi connectivity index (χ2n) is 15.4. The van der Waals surface area contributed by atoms with E-state index in [1.54, 1.807) is 4.90 Å². The van der Waals surface area contributed by atoms with Crippen molar-refractivity contribution in [3.63, 3.8) is 0 Å². The molecule has 7 rings (SSSR count). The summed E-state index contributed by atoms with van der Waals surface area (Å²) < 4.78 is 86.7.